The third-order valence-corrected chi connectivity index (χ3v) is 5.27. The van der Waals surface area contributed by atoms with E-state index in [0.717, 1.165) is 50.6 Å². The molecule has 1 saturated heterocycles. The predicted octanol–water partition coefficient (Wildman–Crippen LogP) is 2.58. The monoisotopic (exact) mass is 384 g/mol. The van der Waals surface area contributed by atoms with Crippen LogP contribution in [-0.2, 0) is 17.8 Å². The number of carbonyl (C=O) groups excluding carboxylic acids is 1. The minimum Gasteiger partial charge on any atom is -0.360 e. The first kappa shape index (κ1) is 20.6. The molecule has 0 radical (unpaired) electrons. The van der Waals surface area contributed by atoms with Crippen LogP contribution in [0.3, 0.4) is 0 Å². The van der Waals surface area contributed by atoms with E-state index in [1.807, 2.05) is 13.0 Å². The zero-order valence-corrected chi connectivity index (χ0v) is 17.3. The van der Waals surface area contributed by atoms with Gasteiger partial charge in [-0.15, -0.1) is 0 Å². The van der Waals surface area contributed by atoms with E-state index in [1.54, 1.807) is 0 Å². The Morgan fingerprint density at radius 1 is 1.14 bits per heavy atom. The van der Waals surface area contributed by atoms with E-state index in [0.29, 0.717) is 19.0 Å². The molecule has 1 aromatic carbocycles. The van der Waals surface area contributed by atoms with Gasteiger partial charge in [-0.2, -0.15) is 0 Å². The van der Waals surface area contributed by atoms with Gasteiger partial charge in [0.05, 0.1) is 18.8 Å². The molecule has 0 saturated carbocycles. The highest BCUT2D eigenvalue weighted by Gasteiger charge is 2.20. The Morgan fingerprint density at radius 2 is 1.82 bits per heavy atom. The molecule has 0 bridgehead atoms. The summed E-state index contributed by atoms with van der Waals surface area (Å²) in [4.78, 5) is 16.8. The molecule has 28 heavy (non-hydrogen) atoms. The lowest BCUT2D eigenvalue weighted by Gasteiger charge is -2.33. The average Bonchev–Trinajstić information content (AvgIpc) is 3.08. The second-order valence-corrected chi connectivity index (χ2v) is 7.98. The highest BCUT2D eigenvalue weighted by Crippen LogP contribution is 2.14. The summed E-state index contributed by atoms with van der Waals surface area (Å²) < 4.78 is 5.29. The summed E-state index contributed by atoms with van der Waals surface area (Å²) in [6.07, 6.45) is 0.870. The maximum Gasteiger partial charge on any atom is 0.234 e. The van der Waals surface area contributed by atoms with Crippen LogP contribution in [0.25, 0.3) is 0 Å². The van der Waals surface area contributed by atoms with Gasteiger partial charge in [-0.25, -0.2) is 0 Å². The lowest BCUT2D eigenvalue weighted by molar-refractivity contribution is -0.122. The summed E-state index contributed by atoms with van der Waals surface area (Å²) in [6.45, 7) is 12.0. The third-order valence-electron chi connectivity index (χ3n) is 5.27. The van der Waals surface area contributed by atoms with Crippen LogP contribution in [0.1, 0.15) is 42.3 Å². The fourth-order valence-corrected chi connectivity index (χ4v) is 3.49. The van der Waals surface area contributed by atoms with Crippen molar-refractivity contribution in [1.29, 1.82) is 0 Å². The van der Waals surface area contributed by atoms with Crippen molar-refractivity contribution in [3.8, 4) is 0 Å². The summed E-state index contributed by atoms with van der Waals surface area (Å²) in [6, 6.07) is 10.7. The number of amides is 1. The molecule has 1 N–H and O–H groups in total. The van der Waals surface area contributed by atoms with E-state index in [9.17, 15) is 4.79 Å². The quantitative estimate of drug-likeness (QED) is 0.758. The summed E-state index contributed by atoms with van der Waals surface area (Å²) in [5.41, 5.74) is 3.53. The highest BCUT2D eigenvalue weighted by molar-refractivity contribution is 5.78. The second kappa shape index (κ2) is 9.85. The van der Waals surface area contributed by atoms with Crippen LogP contribution in [0, 0.1) is 6.92 Å². The topological polar surface area (TPSA) is 61.6 Å². The maximum atomic E-state index is 12.2. The Bertz CT molecular complexity index is 746. The van der Waals surface area contributed by atoms with Crippen LogP contribution in [0.5, 0.6) is 0 Å². The number of piperazine rings is 1. The minimum absolute atomic E-state index is 0.109. The molecule has 1 amide bonds. The second-order valence-electron chi connectivity index (χ2n) is 7.98. The molecule has 0 atom stereocenters. The Balaban J connectivity index is 1.32. The molecular weight excluding hydrogens is 352 g/mol. The lowest BCUT2D eigenvalue weighted by Crippen LogP contribution is -2.49. The lowest BCUT2D eigenvalue weighted by atomic mass is 10.0. The van der Waals surface area contributed by atoms with E-state index in [1.165, 1.54) is 11.1 Å². The molecule has 1 fully saturated rings. The predicted molar refractivity (Wildman–Crippen MR) is 110 cm³/mol. The van der Waals surface area contributed by atoms with Gasteiger partial charge in [-0.3, -0.25) is 14.6 Å². The van der Waals surface area contributed by atoms with Crippen molar-refractivity contribution in [3.05, 3.63) is 52.9 Å². The molecule has 0 unspecified atom stereocenters. The van der Waals surface area contributed by atoms with E-state index in [4.69, 9.17) is 4.52 Å². The Hall–Kier alpha value is -2.18. The zero-order valence-electron chi connectivity index (χ0n) is 17.3. The van der Waals surface area contributed by atoms with Gasteiger partial charge in [0.15, 0.2) is 5.76 Å². The molecule has 6 heteroatoms. The van der Waals surface area contributed by atoms with Gasteiger partial charge in [-0.1, -0.05) is 43.3 Å². The molecule has 2 heterocycles. The molecular formula is C22H32N4O2. The van der Waals surface area contributed by atoms with Gasteiger partial charge in [-0.05, 0) is 30.4 Å². The molecule has 2 aromatic rings. The van der Waals surface area contributed by atoms with Gasteiger partial charge in [0.1, 0.15) is 0 Å². The SMILES string of the molecule is Cc1cc(CN2CCN(CC(=O)NCCc3ccc(C(C)C)cc3)CC2)on1. The number of hydrogen-bond donors (Lipinski definition) is 1. The molecule has 3 rings (SSSR count). The van der Waals surface area contributed by atoms with Crippen LogP contribution in [0.15, 0.2) is 34.9 Å². The van der Waals surface area contributed by atoms with Crippen LogP contribution < -0.4 is 5.32 Å². The standard InChI is InChI=1S/C22H32N4O2/c1-17(2)20-6-4-19(5-7-20)8-9-23-22(27)16-26-12-10-25(11-13-26)15-21-14-18(3)24-28-21/h4-7,14,17H,8-13,15-16H2,1-3H3,(H,23,27). The van der Waals surface area contributed by atoms with Crippen molar-refractivity contribution in [2.45, 2.75) is 39.7 Å². The van der Waals surface area contributed by atoms with Crippen molar-refractivity contribution in [1.82, 2.24) is 20.3 Å². The Labute approximate surface area is 167 Å². The molecule has 1 aliphatic heterocycles. The van der Waals surface area contributed by atoms with E-state index >= 15 is 0 Å². The van der Waals surface area contributed by atoms with Crippen molar-refractivity contribution in [2.75, 3.05) is 39.3 Å². The third kappa shape index (κ3) is 6.17. The zero-order chi connectivity index (χ0) is 19.9. The normalized spacial score (nSPS) is 15.9. The number of aryl methyl sites for hydroxylation is 1. The molecule has 152 valence electrons. The Morgan fingerprint density at radius 3 is 2.43 bits per heavy atom. The molecule has 6 nitrogen and oxygen atoms in total. The van der Waals surface area contributed by atoms with Crippen LogP contribution >= 0.6 is 0 Å². The highest BCUT2D eigenvalue weighted by atomic mass is 16.5. The maximum absolute atomic E-state index is 12.2. The van der Waals surface area contributed by atoms with Gasteiger partial charge in [0, 0.05) is 38.8 Å². The number of carbonyl (C=O) groups is 1. The van der Waals surface area contributed by atoms with E-state index < -0.39 is 0 Å². The van der Waals surface area contributed by atoms with Gasteiger partial charge in [0.25, 0.3) is 0 Å². The number of rotatable bonds is 8. The number of nitrogens with one attached hydrogen (secondary N) is 1. The van der Waals surface area contributed by atoms with Gasteiger partial charge >= 0.3 is 0 Å². The molecule has 0 spiro atoms. The van der Waals surface area contributed by atoms with Gasteiger partial charge in [0.2, 0.25) is 5.91 Å². The first-order chi connectivity index (χ1) is 13.5. The van der Waals surface area contributed by atoms with Crippen LogP contribution in [0.4, 0.5) is 0 Å². The fraction of sp³-hybridized carbons (Fsp3) is 0.545. The summed E-state index contributed by atoms with van der Waals surface area (Å²) in [5, 5.41) is 6.99. The van der Waals surface area contributed by atoms with Crippen LogP contribution in [0.2, 0.25) is 0 Å². The molecule has 1 aliphatic rings. The van der Waals surface area contributed by atoms with Gasteiger partial charge < -0.3 is 9.84 Å². The molecule has 1 aromatic heterocycles. The van der Waals surface area contributed by atoms with E-state index in [2.05, 4.69) is 58.4 Å². The minimum atomic E-state index is 0.109. The van der Waals surface area contributed by atoms with Crippen LogP contribution in [-0.4, -0.2) is 60.1 Å². The summed E-state index contributed by atoms with van der Waals surface area (Å²) >= 11 is 0. The smallest absolute Gasteiger partial charge is 0.234 e. The summed E-state index contributed by atoms with van der Waals surface area (Å²) in [5.74, 6) is 1.57. The molecule has 0 aliphatic carbocycles. The average molecular weight is 385 g/mol. The van der Waals surface area contributed by atoms with Crippen molar-refractivity contribution < 1.29 is 9.32 Å². The number of nitrogens with zero attached hydrogens (tertiary/aromatic N) is 3. The number of aromatic nitrogens is 1. The van der Waals surface area contributed by atoms with Crippen molar-refractivity contribution in [2.24, 2.45) is 0 Å². The first-order valence-electron chi connectivity index (χ1n) is 10.2. The van der Waals surface area contributed by atoms with Crippen molar-refractivity contribution in [3.63, 3.8) is 0 Å². The first-order valence-corrected chi connectivity index (χ1v) is 10.2. The largest absolute Gasteiger partial charge is 0.360 e. The van der Waals surface area contributed by atoms with E-state index in [-0.39, 0.29) is 5.91 Å². The number of hydrogen-bond acceptors (Lipinski definition) is 5. The number of benzene rings is 1. The summed E-state index contributed by atoms with van der Waals surface area (Å²) in [7, 11) is 0. The Kier molecular flexibility index (Phi) is 7.23. The fourth-order valence-electron chi connectivity index (χ4n) is 3.49. The van der Waals surface area contributed by atoms with Crippen molar-refractivity contribution >= 4 is 5.91 Å².